The third kappa shape index (κ3) is 5.81. The summed E-state index contributed by atoms with van der Waals surface area (Å²) in [5.41, 5.74) is 3.47. The average molecular weight is 459 g/mol. The maximum Gasteiger partial charge on any atom is 0.251 e. The molecule has 0 spiro atoms. The molecule has 2 aliphatic rings. The molecule has 9 nitrogen and oxygen atoms in total. The van der Waals surface area contributed by atoms with Gasteiger partial charge in [0.1, 0.15) is 5.82 Å². The second kappa shape index (κ2) is 10.4. The van der Waals surface area contributed by atoms with Gasteiger partial charge in [-0.2, -0.15) is 0 Å². The van der Waals surface area contributed by atoms with Gasteiger partial charge >= 0.3 is 0 Å². The molecule has 1 atom stereocenters. The summed E-state index contributed by atoms with van der Waals surface area (Å²) < 4.78 is 0. The van der Waals surface area contributed by atoms with Crippen LogP contribution < -0.4 is 10.6 Å². The van der Waals surface area contributed by atoms with E-state index in [4.69, 9.17) is 0 Å². The number of aromatic nitrogens is 2. The number of thiazole rings is 1. The molecule has 172 valence electrons. The topological polar surface area (TPSA) is 111 Å². The number of carbonyl (C=O) groups excluding carboxylic acids is 2. The van der Waals surface area contributed by atoms with E-state index in [0.717, 1.165) is 51.1 Å². The third-order valence-electron chi connectivity index (χ3n) is 6.04. The van der Waals surface area contributed by atoms with Gasteiger partial charge in [-0.15, -0.1) is 11.3 Å². The van der Waals surface area contributed by atoms with E-state index in [1.165, 1.54) is 4.88 Å². The molecule has 0 aromatic carbocycles. The van der Waals surface area contributed by atoms with Crippen molar-refractivity contribution in [3.63, 3.8) is 0 Å². The highest BCUT2D eigenvalue weighted by Gasteiger charge is 2.22. The molecule has 4 rings (SSSR count). The number of carbonyl (C=O) groups is 2. The first-order chi connectivity index (χ1) is 15.5. The van der Waals surface area contributed by atoms with Gasteiger partial charge in [-0.1, -0.05) is 0 Å². The number of hydrogen-bond acceptors (Lipinski definition) is 8. The van der Waals surface area contributed by atoms with Gasteiger partial charge in [0.25, 0.3) is 5.91 Å². The van der Waals surface area contributed by atoms with Gasteiger partial charge in [-0.25, -0.2) is 9.97 Å². The molecule has 4 heterocycles. The van der Waals surface area contributed by atoms with Gasteiger partial charge < -0.3 is 20.6 Å². The quantitative estimate of drug-likeness (QED) is 0.570. The van der Waals surface area contributed by atoms with E-state index in [1.54, 1.807) is 36.6 Å². The summed E-state index contributed by atoms with van der Waals surface area (Å²) in [5.74, 6) is 0.517. The predicted octanol–water partition coefficient (Wildman–Crippen LogP) is 1.11. The number of amides is 2. The number of anilines is 1. The number of aliphatic hydroxyl groups excluding tert-OH is 1. The lowest BCUT2D eigenvalue weighted by Gasteiger charge is -2.32. The molecule has 2 aromatic rings. The Labute approximate surface area is 191 Å². The summed E-state index contributed by atoms with van der Waals surface area (Å²) in [5, 5.41) is 16.6. The Hall–Kier alpha value is -2.56. The molecule has 1 saturated heterocycles. The third-order valence-corrected chi connectivity index (χ3v) is 6.97. The minimum Gasteiger partial charge on any atom is -0.390 e. The van der Waals surface area contributed by atoms with Crippen LogP contribution in [0, 0.1) is 0 Å². The Bertz CT molecular complexity index is 943. The maximum absolute atomic E-state index is 12.6. The fourth-order valence-electron chi connectivity index (χ4n) is 4.21. The summed E-state index contributed by atoms with van der Waals surface area (Å²) in [6.07, 6.45) is 3.62. The molecular weight excluding hydrogens is 428 g/mol. The molecule has 10 heteroatoms. The lowest BCUT2D eigenvalue weighted by Crippen LogP contribution is -2.42. The molecule has 32 heavy (non-hydrogen) atoms. The highest BCUT2D eigenvalue weighted by Crippen LogP contribution is 2.21. The number of nitrogens with zero attached hydrogens (tertiary/aromatic N) is 4. The summed E-state index contributed by atoms with van der Waals surface area (Å²) in [4.78, 5) is 38.1. The number of likely N-dealkylation sites (tertiary alicyclic amines) is 1. The minimum absolute atomic E-state index is 0.107. The number of nitrogens with one attached hydrogen (secondary N) is 2. The summed E-state index contributed by atoms with van der Waals surface area (Å²) >= 11 is 1.69. The lowest BCUT2D eigenvalue weighted by molar-refractivity contribution is -0.129. The summed E-state index contributed by atoms with van der Waals surface area (Å²) in [6.45, 7) is 5.38. The predicted molar refractivity (Wildman–Crippen MR) is 123 cm³/mol. The Morgan fingerprint density at radius 2 is 2.09 bits per heavy atom. The number of fused-ring (bicyclic) bond motifs is 1. The van der Waals surface area contributed by atoms with Crippen molar-refractivity contribution in [2.45, 2.75) is 44.9 Å². The SMILES string of the molecule is CC(=O)N1CCC(Nc2cc(C(=O)NC[C@H](O)CN3CCc4scnc4C3)ccn2)CC1. The molecule has 0 radical (unpaired) electrons. The van der Waals surface area contributed by atoms with Gasteiger partial charge in [0.05, 0.1) is 17.3 Å². The van der Waals surface area contributed by atoms with Crippen LogP contribution in [0.1, 0.15) is 40.7 Å². The van der Waals surface area contributed by atoms with Crippen molar-refractivity contribution in [2.24, 2.45) is 0 Å². The van der Waals surface area contributed by atoms with Crippen molar-refractivity contribution < 1.29 is 14.7 Å². The zero-order valence-corrected chi connectivity index (χ0v) is 19.1. The van der Waals surface area contributed by atoms with Gasteiger partial charge in [0.2, 0.25) is 5.91 Å². The largest absolute Gasteiger partial charge is 0.390 e. The summed E-state index contributed by atoms with van der Waals surface area (Å²) in [7, 11) is 0. The van der Waals surface area contributed by atoms with Crippen LogP contribution in [0.4, 0.5) is 5.82 Å². The molecule has 1 fully saturated rings. The molecule has 0 aliphatic carbocycles. The monoisotopic (exact) mass is 458 g/mol. The Morgan fingerprint density at radius 3 is 2.88 bits per heavy atom. The highest BCUT2D eigenvalue weighted by molar-refractivity contribution is 7.09. The number of pyridine rings is 1. The van der Waals surface area contributed by atoms with E-state index in [1.807, 2.05) is 10.4 Å². The van der Waals surface area contributed by atoms with Crippen LogP contribution in [0.25, 0.3) is 0 Å². The molecular formula is C22H30N6O3S. The van der Waals surface area contributed by atoms with E-state index in [0.29, 0.717) is 17.9 Å². The number of rotatable bonds is 7. The Balaban J connectivity index is 1.23. The van der Waals surface area contributed by atoms with Crippen LogP contribution in [-0.4, -0.2) is 81.6 Å². The van der Waals surface area contributed by atoms with Crippen molar-refractivity contribution in [2.75, 3.05) is 38.0 Å². The standard InChI is InChI=1S/C22H30N6O3S/c1-15(29)28-8-3-17(4-9-28)26-21-10-16(2-6-23-21)22(31)24-11-18(30)12-27-7-5-20-19(13-27)25-14-32-20/h2,6,10,14,17-18,30H,3-5,7-9,11-13H2,1H3,(H,23,26)(H,24,31)/t18-/m0/s1. The first-order valence-electron chi connectivity index (χ1n) is 11.1. The van der Waals surface area contributed by atoms with Crippen LogP contribution in [0.2, 0.25) is 0 Å². The van der Waals surface area contributed by atoms with Gasteiger partial charge in [0, 0.05) is 68.9 Å². The molecule has 3 N–H and O–H groups in total. The molecule has 0 saturated carbocycles. The number of piperidine rings is 1. The van der Waals surface area contributed by atoms with Crippen LogP contribution in [0.5, 0.6) is 0 Å². The molecule has 2 aromatic heterocycles. The highest BCUT2D eigenvalue weighted by atomic mass is 32.1. The van der Waals surface area contributed by atoms with E-state index in [9.17, 15) is 14.7 Å². The first-order valence-corrected chi connectivity index (χ1v) is 11.9. The fraction of sp³-hybridized carbons (Fsp3) is 0.545. The number of hydrogen-bond donors (Lipinski definition) is 3. The van der Waals surface area contributed by atoms with Crippen LogP contribution in [0.3, 0.4) is 0 Å². The first kappa shape index (κ1) is 22.6. The molecule has 2 amide bonds. The molecule has 0 bridgehead atoms. The summed E-state index contributed by atoms with van der Waals surface area (Å²) in [6, 6.07) is 3.62. The van der Waals surface area contributed by atoms with Crippen molar-refractivity contribution in [1.82, 2.24) is 25.1 Å². The van der Waals surface area contributed by atoms with Crippen molar-refractivity contribution in [3.05, 3.63) is 40.0 Å². The van der Waals surface area contributed by atoms with Crippen LogP contribution in [0.15, 0.2) is 23.8 Å². The average Bonchev–Trinajstić information content (AvgIpc) is 3.26. The van der Waals surface area contributed by atoms with Gasteiger partial charge in [0.15, 0.2) is 0 Å². The van der Waals surface area contributed by atoms with Crippen LogP contribution in [-0.2, 0) is 17.8 Å². The Kier molecular flexibility index (Phi) is 7.33. The number of β-amino-alcohol motifs (C(OH)–C–C–N with tert-alkyl or cyclic N) is 1. The van der Waals surface area contributed by atoms with E-state index in [-0.39, 0.29) is 24.4 Å². The second-order valence-corrected chi connectivity index (χ2v) is 9.36. The van der Waals surface area contributed by atoms with Crippen molar-refractivity contribution >= 4 is 29.0 Å². The van der Waals surface area contributed by atoms with E-state index < -0.39 is 6.10 Å². The van der Waals surface area contributed by atoms with Gasteiger partial charge in [-0.05, 0) is 31.4 Å². The number of aliphatic hydroxyl groups is 1. The molecule has 2 aliphatic heterocycles. The van der Waals surface area contributed by atoms with Gasteiger partial charge in [-0.3, -0.25) is 14.5 Å². The van der Waals surface area contributed by atoms with Crippen molar-refractivity contribution in [1.29, 1.82) is 0 Å². The Morgan fingerprint density at radius 1 is 1.28 bits per heavy atom. The van der Waals surface area contributed by atoms with E-state index in [2.05, 4.69) is 25.5 Å². The lowest BCUT2D eigenvalue weighted by atomic mass is 10.0. The second-order valence-electron chi connectivity index (χ2n) is 8.43. The van der Waals surface area contributed by atoms with E-state index >= 15 is 0 Å². The van der Waals surface area contributed by atoms with Crippen LogP contribution >= 0.6 is 11.3 Å². The normalized spacial score (nSPS) is 18.1. The zero-order valence-electron chi connectivity index (χ0n) is 18.3. The minimum atomic E-state index is -0.648. The smallest absolute Gasteiger partial charge is 0.251 e. The van der Waals surface area contributed by atoms with Crippen molar-refractivity contribution in [3.8, 4) is 0 Å². The maximum atomic E-state index is 12.6. The fourth-order valence-corrected chi connectivity index (χ4v) is 4.98. The molecule has 0 unspecified atom stereocenters. The zero-order chi connectivity index (χ0) is 22.5.